The molecule has 0 bridgehead atoms. The molecular formula is C15H18ClN3S. The van der Waals surface area contributed by atoms with Crippen molar-refractivity contribution in [2.45, 2.75) is 17.9 Å². The maximum Gasteiger partial charge on any atom is 0.128 e. The van der Waals surface area contributed by atoms with Gasteiger partial charge in [0.05, 0.1) is 5.02 Å². The van der Waals surface area contributed by atoms with E-state index in [1.165, 1.54) is 10.5 Å². The molecule has 1 heterocycles. The molecule has 0 aliphatic carbocycles. The van der Waals surface area contributed by atoms with Crippen LogP contribution in [-0.4, -0.2) is 17.8 Å². The van der Waals surface area contributed by atoms with Crippen LogP contribution in [0.3, 0.4) is 0 Å². The highest BCUT2D eigenvalue weighted by Crippen LogP contribution is 2.28. The maximum atomic E-state index is 6.00. The molecule has 3 nitrogen and oxygen atoms in total. The molecule has 0 spiro atoms. The van der Waals surface area contributed by atoms with Crippen molar-refractivity contribution in [3.8, 4) is 0 Å². The van der Waals surface area contributed by atoms with Crippen molar-refractivity contribution >= 4 is 29.2 Å². The summed E-state index contributed by atoms with van der Waals surface area (Å²) >= 11 is 7.78. The van der Waals surface area contributed by atoms with E-state index in [-0.39, 0.29) is 6.04 Å². The van der Waals surface area contributed by atoms with Crippen LogP contribution in [0.2, 0.25) is 5.02 Å². The first-order chi connectivity index (χ1) is 9.60. The zero-order chi connectivity index (χ0) is 14.5. The third-order valence-electron chi connectivity index (χ3n) is 3.08. The summed E-state index contributed by atoms with van der Waals surface area (Å²) in [6.45, 7) is 2.09. The fourth-order valence-electron chi connectivity index (χ4n) is 1.89. The second-order valence-electron chi connectivity index (χ2n) is 4.59. The monoisotopic (exact) mass is 307 g/mol. The lowest BCUT2D eigenvalue weighted by Crippen LogP contribution is -2.20. The number of rotatable bonds is 5. The van der Waals surface area contributed by atoms with Crippen molar-refractivity contribution in [3.05, 3.63) is 52.7 Å². The number of halogens is 1. The summed E-state index contributed by atoms with van der Waals surface area (Å²) in [6.07, 6.45) is 1.57. The van der Waals surface area contributed by atoms with Gasteiger partial charge in [0.25, 0.3) is 0 Å². The third kappa shape index (κ3) is 3.88. The standard InChI is InChI=1S/C15H18ClN3S/c1-10-3-5-12(6-4-10)20-9-14(18-2)13-7-11(16)8-19-15(13)17/h3-8,14,18H,9H2,1-2H3,(H2,17,19). The van der Waals surface area contributed by atoms with Gasteiger partial charge >= 0.3 is 0 Å². The summed E-state index contributed by atoms with van der Waals surface area (Å²) < 4.78 is 0. The van der Waals surface area contributed by atoms with Crippen LogP contribution in [-0.2, 0) is 0 Å². The van der Waals surface area contributed by atoms with E-state index < -0.39 is 0 Å². The fourth-order valence-corrected chi connectivity index (χ4v) is 3.09. The molecule has 2 rings (SSSR count). The first-order valence-electron chi connectivity index (χ1n) is 6.38. The van der Waals surface area contributed by atoms with Crippen molar-refractivity contribution in [2.24, 2.45) is 0 Å². The minimum Gasteiger partial charge on any atom is -0.383 e. The number of pyridine rings is 1. The van der Waals surface area contributed by atoms with E-state index in [9.17, 15) is 0 Å². The molecule has 3 N–H and O–H groups in total. The Hall–Kier alpha value is -1.23. The summed E-state index contributed by atoms with van der Waals surface area (Å²) in [5, 5.41) is 3.87. The number of benzene rings is 1. The Labute approximate surface area is 128 Å². The van der Waals surface area contributed by atoms with Crippen molar-refractivity contribution in [1.82, 2.24) is 10.3 Å². The van der Waals surface area contributed by atoms with E-state index >= 15 is 0 Å². The van der Waals surface area contributed by atoms with Gasteiger partial charge in [-0.05, 0) is 32.2 Å². The average Bonchev–Trinajstić information content (AvgIpc) is 2.45. The quantitative estimate of drug-likeness (QED) is 0.827. The van der Waals surface area contributed by atoms with E-state index in [1.807, 2.05) is 13.1 Å². The van der Waals surface area contributed by atoms with Gasteiger partial charge in [-0.3, -0.25) is 0 Å². The number of thioether (sulfide) groups is 1. The van der Waals surface area contributed by atoms with E-state index in [0.29, 0.717) is 10.8 Å². The van der Waals surface area contributed by atoms with Crippen LogP contribution in [0.5, 0.6) is 0 Å². The van der Waals surface area contributed by atoms with Crippen molar-refractivity contribution in [1.29, 1.82) is 0 Å². The van der Waals surface area contributed by atoms with Crippen LogP contribution < -0.4 is 11.1 Å². The molecule has 0 fully saturated rings. The topological polar surface area (TPSA) is 50.9 Å². The molecule has 0 radical (unpaired) electrons. The molecule has 106 valence electrons. The predicted octanol–water partition coefficient (Wildman–Crippen LogP) is 3.68. The van der Waals surface area contributed by atoms with Crippen LogP contribution in [0, 0.1) is 6.92 Å². The molecule has 0 aliphatic rings. The zero-order valence-corrected chi connectivity index (χ0v) is 13.1. The van der Waals surface area contributed by atoms with Gasteiger partial charge in [-0.2, -0.15) is 0 Å². The van der Waals surface area contributed by atoms with E-state index in [4.69, 9.17) is 17.3 Å². The highest BCUT2D eigenvalue weighted by molar-refractivity contribution is 7.99. The lowest BCUT2D eigenvalue weighted by atomic mass is 10.1. The Morgan fingerprint density at radius 3 is 2.70 bits per heavy atom. The number of aryl methyl sites for hydroxylation is 1. The highest BCUT2D eigenvalue weighted by Gasteiger charge is 2.14. The summed E-state index contributed by atoms with van der Waals surface area (Å²) in [7, 11) is 1.92. The second kappa shape index (κ2) is 6.97. The number of nitrogen functional groups attached to an aromatic ring is 1. The molecule has 0 aliphatic heterocycles. The predicted molar refractivity (Wildman–Crippen MR) is 87.4 cm³/mol. The summed E-state index contributed by atoms with van der Waals surface area (Å²) in [5.41, 5.74) is 8.15. The summed E-state index contributed by atoms with van der Waals surface area (Å²) in [4.78, 5) is 5.35. The van der Waals surface area contributed by atoms with Gasteiger partial charge in [-0.25, -0.2) is 4.98 Å². The molecule has 1 aromatic carbocycles. The first-order valence-corrected chi connectivity index (χ1v) is 7.74. The number of aromatic nitrogens is 1. The number of hydrogen-bond acceptors (Lipinski definition) is 4. The van der Waals surface area contributed by atoms with Gasteiger partial charge < -0.3 is 11.1 Å². The van der Waals surface area contributed by atoms with E-state index in [1.54, 1.807) is 18.0 Å². The average molecular weight is 308 g/mol. The van der Waals surface area contributed by atoms with Crippen LogP contribution in [0.1, 0.15) is 17.2 Å². The van der Waals surface area contributed by atoms with Gasteiger partial charge in [0, 0.05) is 28.5 Å². The van der Waals surface area contributed by atoms with Crippen LogP contribution in [0.25, 0.3) is 0 Å². The largest absolute Gasteiger partial charge is 0.383 e. The summed E-state index contributed by atoms with van der Waals surface area (Å²) in [5.74, 6) is 1.39. The van der Waals surface area contributed by atoms with Gasteiger partial charge in [0.2, 0.25) is 0 Å². The number of nitrogens with zero attached hydrogens (tertiary/aromatic N) is 1. The number of nitrogens with one attached hydrogen (secondary N) is 1. The number of anilines is 1. The molecule has 1 aromatic heterocycles. The van der Waals surface area contributed by atoms with Crippen LogP contribution in [0.4, 0.5) is 5.82 Å². The number of nitrogens with two attached hydrogens (primary N) is 1. The minimum atomic E-state index is 0.118. The first kappa shape index (κ1) is 15.2. The van der Waals surface area contributed by atoms with Gasteiger partial charge in [-0.15, -0.1) is 11.8 Å². The molecule has 2 aromatic rings. The van der Waals surface area contributed by atoms with Gasteiger partial charge in [0.1, 0.15) is 5.82 Å². The Morgan fingerprint density at radius 1 is 1.35 bits per heavy atom. The number of hydrogen-bond donors (Lipinski definition) is 2. The molecule has 1 unspecified atom stereocenters. The Bertz CT molecular complexity index is 572. The maximum absolute atomic E-state index is 6.00. The third-order valence-corrected chi connectivity index (χ3v) is 4.39. The minimum absolute atomic E-state index is 0.118. The SMILES string of the molecule is CNC(CSc1ccc(C)cc1)c1cc(Cl)cnc1N. The Balaban J connectivity index is 2.09. The van der Waals surface area contributed by atoms with Gasteiger partial charge in [0.15, 0.2) is 0 Å². The molecular weight excluding hydrogens is 290 g/mol. The fraction of sp³-hybridized carbons (Fsp3) is 0.267. The van der Waals surface area contributed by atoms with Crippen molar-refractivity contribution < 1.29 is 0 Å². The van der Waals surface area contributed by atoms with Crippen molar-refractivity contribution in [3.63, 3.8) is 0 Å². The van der Waals surface area contributed by atoms with Gasteiger partial charge in [-0.1, -0.05) is 29.3 Å². The lowest BCUT2D eigenvalue weighted by Gasteiger charge is -2.18. The highest BCUT2D eigenvalue weighted by atomic mass is 35.5. The van der Waals surface area contributed by atoms with E-state index in [0.717, 1.165) is 11.3 Å². The van der Waals surface area contributed by atoms with Crippen molar-refractivity contribution in [2.75, 3.05) is 18.5 Å². The Morgan fingerprint density at radius 2 is 2.05 bits per heavy atom. The zero-order valence-electron chi connectivity index (χ0n) is 11.6. The van der Waals surface area contributed by atoms with Crippen LogP contribution >= 0.6 is 23.4 Å². The normalized spacial score (nSPS) is 12.3. The van der Waals surface area contributed by atoms with E-state index in [2.05, 4.69) is 41.5 Å². The summed E-state index contributed by atoms with van der Waals surface area (Å²) in [6, 6.07) is 10.5. The second-order valence-corrected chi connectivity index (χ2v) is 6.12. The van der Waals surface area contributed by atoms with Crippen LogP contribution in [0.15, 0.2) is 41.4 Å². The molecule has 20 heavy (non-hydrogen) atoms. The lowest BCUT2D eigenvalue weighted by molar-refractivity contribution is 0.661. The molecule has 1 atom stereocenters. The molecule has 0 amide bonds. The smallest absolute Gasteiger partial charge is 0.128 e. The molecule has 0 saturated carbocycles. The Kier molecular flexibility index (Phi) is 5.29. The molecule has 0 saturated heterocycles. The molecule has 5 heteroatoms.